The third-order valence-corrected chi connectivity index (χ3v) is 2.34. The van der Waals surface area contributed by atoms with Gasteiger partial charge in [-0.2, -0.15) is 5.11 Å². The molecule has 0 spiro atoms. The lowest BCUT2D eigenvalue weighted by Gasteiger charge is -2.15. The third-order valence-electron chi connectivity index (χ3n) is 2.34. The van der Waals surface area contributed by atoms with Crippen LogP contribution in [-0.4, -0.2) is 5.84 Å². The molecule has 1 aromatic carbocycles. The Morgan fingerprint density at radius 1 is 1.21 bits per heavy atom. The van der Waals surface area contributed by atoms with Gasteiger partial charge < -0.3 is 0 Å². The van der Waals surface area contributed by atoms with Crippen molar-refractivity contribution >= 4 is 5.84 Å². The van der Waals surface area contributed by atoms with Crippen LogP contribution in [0, 0.1) is 0 Å². The van der Waals surface area contributed by atoms with E-state index >= 15 is 0 Å². The summed E-state index contributed by atoms with van der Waals surface area (Å²) in [6.45, 7) is 4.02. The van der Waals surface area contributed by atoms with E-state index in [4.69, 9.17) is 0 Å². The maximum Gasteiger partial charge on any atom is 0.195 e. The first-order valence-electron chi connectivity index (χ1n) is 4.82. The van der Waals surface area contributed by atoms with Crippen LogP contribution >= 0.6 is 0 Å². The Bertz CT molecular complexity index is 381. The summed E-state index contributed by atoms with van der Waals surface area (Å²) in [4.78, 5) is 4.49. The highest BCUT2D eigenvalue weighted by atomic mass is 15.3. The SMILES string of the molecule is CCC1=NC(C)(c2ccccc2)N=N1. The van der Waals surface area contributed by atoms with E-state index < -0.39 is 5.66 Å². The first-order chi connectivity index (χ1) is 6.74. The maximum absolute atomic E-state index is 4.49. The zero-order valence-electron chi connectivity index (χ0n) is 8.44. The molecule has 0 aromatic heterocycles. The average Bonchev–Trinajstić information content (AvgIpc) is 2.63. The molecular formula is C11H13N3. The topological polar surface area (TPSA) is 37.1 Å². The molecule has 0 saturated heterocycles. The molecule has 14 heavy (non-hydrogen) atoms. The fourth-order valence-corrected chi connectivity index (χ4v) is 1.48. The van der Waals surface area contributed by atoms with Gasteiger partial charge in [-0.05, 0) is 6.92 Å². The molecule has 1 aliphatic heterocycles. The monoisotopic (exact) mass is 187 g/mol. The summed E-state index contributed by atoms with van der Waals surface area (Å²) in [5.41, 5.74) is 0.597. The van der Waals surface area contributed by atoms with Gasteiger partial charge in [-0.25, -0.2) is 4.99 Å². The standard InChI is InChI=1S/C11H13N3/c1-3-10-12-11(2,14-13-10)9-7-5-4-6-8-9/h4-8H,3H2,1-2H3. The van der Waals surface area contributed by atoms with E-state index in [1.165, 1.54) is 0 Å². The van der Waals surface area contributed by atoms with Crippen molar-refractivity contribution in [3.63, 3.8) is 0 Å². The minimum absolute atomic E-state index is 0.493. The van der Waals surface area contributed by atoms with Gasteiger partial charge in [0.15, 0.2) is 5.66 Å². The van der Waals surface area contributed by atoms with Crippen molar-refractivity contribution in [2.75, 3.05) is 0 Å². The summed E-state index contributed by atoms with van der Waals surface area (Å²) >= 11 is 0. The first-order valence-corrected chi connectivity index (χ1v) is 4.82. The summed E-state index contributed by atoms with van der Waals surface area (Å²) < 4.78 is 0. The van der Waals surface area contributed by atoms with Gasteiger partial charge in [-0.1, -0.05) is 37.3 Å². The van der Waals surface area contributed by atoms with E-state index in [0.717, 1.165) is 17.8 Å². The number of amidine groups is 1. The summed E-state index contributed by atoms with van der Waals surface area (Å²) in [6.07, 6.45) is 0.839. The van der Waals surface area contributed by atoms with Crippen LogP contribution in [0.4, 0.5) is 0 Å². The molecule has 0 N–H and O–H groups in total. The molecule has 0 bridgehead atoms. The minimum atomic E-state index is -0.493. The number of nitrogens with zero attached hydrogens (tertiary/aromatic N) is 3. The van der Waals surface area contributed by atoms with Crippen LogP contribution < -0.4 is 0 Å². The predicted molar refractivity (Wildman–Crippen MR) is 56.4 cm³/mol. The summed E-state index contributed by atoms with van der Waals surface area (Å²) in [7, 11) is 0. The number of azo groups is 1. The molecular weight excluding hydrogens is 174 g/mol. The molecule has 1 unspecified atom stereocenters. The summed E-state index contributed by atoms with van der Waals surface area (Å²) in [5.74, 6) is 0.830. The van der Waals surface area contributed by atoms with Crippen molar-refractivity contribution in [3.8, 4) is 0 Å². The quantitative estimate of drug-likeness (QED) is 0.682. The lowest BCUT2D eigenvalue weighted by molar-refractivity contribution is 0.525. The van der Waals surface area contributed by atoms with Crippen molar-refractivity contribution in [1.82, 2.24) is 0 Å². The second kappa shape index (κ2) is 3.33. The summed E-state index contributed by atoms with van der Waals surface area (Å²) in [5, 5.41) is 8.27. The van der Waals surface area contributed by atoms with Gasteiger partial charge >= 0.3 is 0 Å². The van der Waals surface area contributed by atoms with Gasteiger partial charge in [0, 0.05) is 12.0 Å². The van der Waals surface area contributed by atoms with Crippen LogP contribution in [0.15, 0.2) is 45.6 Å². The van der Waals surface area contributed by atoms with E-state index in [9.17, 15) is 0 Å². The van der Waals surface area contributed by atoms with Gasteiger partial charge in [0.05, 0.1) is 0 Å². The van der Waals surface area contributed by atoms with E-state index in [2.05, 4.69) is 15.2 Å². The van der Waals surface area contributed by atoms with Crippen molar-refractivity contribution in [3.05, 3.63) is 35.9 Å². The van der Waals surface area contributed by atoms with E-state index in [0.29, 0.717) is 0 Å². The van der Waals surface area contributed by atoms with Crippen molar-refractivity contribution in [1.29, 1.82) is 0 Å². The summed E-state index contributed by atoms with van der Waals surface area (Å²) in [6, 6.07) is 10.0. The highest BCUT2D eigenvalue weighted by Gasteiger charge is 2.29. The molecule has 0 amide bonds. The molecule has 1 aromatic rings. The van der Waals surface area contributed by atoms with Gasteiger partial charge in [0.1, 0.15) is 5.84 Å². The Labute approximate surface area is 83.6 Å². The number of hydrogen-bond donors (Lipinski definition) is 0. The lowest BCUT2D eigenvalue weighted by Crippen LogP contribution is -2.13. The molecule has 1 aliphatic rings. The van der Waals surface area contributed by atoms with Gasteiger partial charge in [-0.3, -0.25) is 0 Å². The largest absolute Gasteiger partial charge is 0.232 e. The molecule has 2 rings (SSSR count). The van der Waals surface area contributed by atoms with Crippen LogP contribution in [-0.2, 0) is 5.66 Å². The number of aliphatic imine (C=N–C) groups is 1. The predicted octanol–water partition coefficient (Wildman–Crippen LogP) is 3.13. The zero-order valence-corrected chi connectivity index (χ0v) is 8.44. The number of rotatable bonds is 2. The molecule has 3 nitrogen and oxygen atoms in total. The second-order valence-corrected chi connectivity index (χ2v) is 3.47. The van der Waals surface area contributed by atoms with Crippen LogP contribution in [0.2, 0.25) is 0 Å². The Balaban J connectivity index is 2.37. The zero-order chi connectivity index (χ0) is 10.0. The van der Waals surface area contributed by atoms with Crippen molar-refractivity contribution < 1.29 is 0 Å². The highest BCUT2D eigenvalue weighted by Crippen LogP contribution is 2.31. The smallest absolute Gasteiger partial charge is 0.195 e. The molecule has 0 radical (unpaired) electrons. The normalized spacial score (nSPS) is 25.1. The first kappa shape index (κ1) is 9.06. The number of hydrogen-bond acceptors (Lipinski definition) is 3. The van der Waals surface area contributed by atoms with Crippen molar-refractivity contribution in [2.45, 2.75) is 25.9 Å². The Morgan fingerprint density at radius 3 is 2.50 bits per heavy atom. The molecule has 0 saturated carbocycles. The minimum Gasteiger partial charge on any atom is -0.232 e. The molecule has 0 fully saturated rings. The fourth-order valence-electron chi connectivity index (χ4n) is 1.48. The molecule has 3 heteroatoms. The van der Waals surface area contributed by atoms with E-state index in [-0.39, 0.29) is 0 Å². The van der Waals surface area contributed by atoms with Crippen LogP contribution in [0.5, 0.6) is 0 Å². The van der Waals surface area contributed by atoms with Crippen molar-refractivity contribution in [2.24, 2.45) is 15.2 Å². The lowest BCUT2D eigenvalue weighted by atomic mass is 10.0. The van der Waals surface area contributed by atoms with E-state index in [1.54, 1.807) is 0 Å². The second-order valence-electron chi connectivity index (χ2n) is 3.47. The average molecular weight is 187 g/mol. The maximum atomic E-state index is 4.49. The van der Waals surface area contributed by atoms with Crippen LogP contribution in [0.3, 0.4) is 0 Å². The highest BCUT2D eigenvalue weighted by molar-refractivity contribution is 5.83. The molecule has 1 heterocycles. The van der Waals surface area contributed by atoms with Gasteiger partial charge in [0.2, 0.25) is 0 Å². The number of benzene rings is 1. The van der Waals surface area contributed by atoms with Gasteiger partial charge in [0.25, 0.3) is 0 Å². The third kappa shape index (κ3) is 1.45. The molecule has 0 aliphatic carbocycles. The Morgan fingerprint density at radius 2 is 1.93 bits per heavy atom. The van der Waals surface area contributed by atoms with Crippen LogP contribution in [0.25, 0.3) is 0 Å². The molecule has 1 atom stereocenters. The Hall–Kier alpha value is -1.51. The fraction of sp³-hybridized carbons (Fsp3) is 0.364. The van der Waals surface area contributed by atoms with Gasteiger partial charge in [-0.15, -0.1) is 5.11 Å². The van der Waals surface area contributed by atoms with Crippen LogP contribution in [0.1, 0.15) is 25.8 Å². The van der Waals surface area contributed by atoms with E-state index in [1.807, 2.05) is 44.2 Å². The Kier molecular flexibility index (Phi) is 2.15. The molecule has 72 valence electrons.